The molecule has 0 unspecified atom stereocenters. The summed E-state index contributed by atoms with van der Waals surface area (Å²) < 4.78 is 0. The van der Waals surface area contributed by atoms with Crippen molar-refractivity contribution in [2.24, 2.45) is 10.2 Å². The van der Waals surface area contributed by atoms with Gasteiger partial charge in [0.25, 0.3) is 0 Å². The summed E-state index contributed by atoms with van der Waals surface area (Å²) in [5.41, 5.74) is 16.1. The maximum absolute atomic E-state index is 11.1. The number of azide groups is 2. The van der Waals surface area contributed by atoms with Gasteiger partial charge in [-0.15, -0.1) is 0 Å². The molecule has 0 heterocycles. The molecule has 0 saturated heterocycles. The number of hydrogen-bond acceptors (Lipinski definition) is 6. The van der Waals surface area contributed by atoms with Gasteiger partial charge in [0.05, 0.1) is 0 Å². The summed E-state index contributed by atoms with van der Waals surface area (Å²) in [5.74, 6) is 1.25. The highest BCUT2D eigenvalue weighted by Crippen LogP contribution is 2.22. The van der Waals surface area contributed by atoms with Crippen molar-refractivity contribution in [3.8, 4) is 0 Å². The number of carbonyl (C=O) groups excluding carboxylic acids is 2. The van der Waals surface area contributed by atoms with Gasteiger partial charge in [0.2, 0.25) is 11.8 Å². The van der Waals surface area contributed by atoms with Crippen LogP contribution in [-0.4, -0.2) is 49.5 Å². The quantitative estimate of drug-likeness (QED) is 0.172. The van der Waals surface area contributed by atoms with E-state index in [0.29, 0.717) is 13.1 Å². The minimum absolute atomic E-state index is 0.163. The standard InChI is InChI=1S/C10H18N8O2S2/c11-17-15-7-9(19)13-3-1-5-21-22-6-2-4-14-10(20)8-16-18-12/h1-8H2,(H,13,19)(H,14,20). The van der Waals surface area contributed by atoms with E-state index in [-0.39, 0.29) is 24.9 Å². The van der Waals surface area contributed by atoms with Gasteiger partial charge >= 0.3 is 0 Å². The van der Waals surface area contributed by atoms with Crippen molar-refractivity contribution in [2.45, 2.75) is 12.8 Å². The smallest absolute Gasteiger partial charge is 0.225 e. The number of rotatable bonds is 13. The average Bonchev–Trinajstić information content (AvgIpc) is 2.52. The first-order chi connectivity index (χ1) is 10.7. The molecular weight excluding hydrogens is 328 g/mol. The van der Waals surface area contributed by atoms with Crippen molar-refractivity contribution < 1.29 is 9.59 Å². The summed E-state index contributed by atoms with van der Waals surface area (Å²) in [4.78, 5) is 27.2. The monoisotopic (exact) mass is 346 g/mol. The van der Waals surface area contributed by atoms with Crippen LogP contribution in [0.5, 0.6) is 0 Å². The van der Waals surface area contributed by atoms with Crippen LogP contribution in [0, 0.1) is 0 Å². The zero-order valence-electron chi connectivity index (χ0n) is 12.0. The molecule has 0 aliphatic rings. The van der Waals surface area contributed by atoms with E-state index < -0.39 is 0 Å². The lowest BCUT2D eigenvalue weighted by molar-refractivity contribution is -0.120. The van der Waals surface area contributed by atoms with Crippen LogP contribution >= 0.6 is 21.6 Å². The van der Waals surface area contributed by atoms with E-state index >= 15 is 0 Å². The summed E-state index contributed by atoms with van der Waals surface area (Å²) in [6.07, 6.45) is 1.67. The van der Waals surface area contributed by atoms with Crippen LogP contribution in [0.3, 0.4) is 0 Å². The molecule has 0 spiro atoms. The highest BCUT2D eigenvalue weighted by molar-refractivity contribution is 8.76. The van der Waals surface area contributed by atoms with E-state index in [1.165, 1.54) is 0 Å². The Morgan fingerprint density at radius 3 is 1.64 bits per heavy atom. The number of amides is 2. The van der Waals surface area contributed by atoms with Gasteiger partial charge < -0.3 is 10.6 Å². The van der Waals surface area contributed by atoms with E-state index in [0.717, 1.165) is 24.3 Å². The third kappa shape index (κ3) is 14.7. The molecule has 0 rings (SSSR count). The zero-order valence-corrected chi connectivity index (χ0v) is 13.6. The molecule has 0 fully saturated rings. The van der Waals surface area contributed by atoms with Crippen LogP contribution in [0.4, 0.5) is 0 Å². The molecule has 0 saturated carbocycles. The van der Waals surface area contributed by atoms with Crippen LogP contribution in [0.15, 0.2) is 10.2 Å². The lowest BCUT2D eigenvalue weighted by Crippen LogP contribution is -2.26. The Labute approximate surface area is 135 Å². The Bertz CT molecular complexity index is 395. The van der Waals surface area contributed by atoms with Crippen LogP contribution < -0.4 is 10.6 Å². The van der Waals surface area contributed by atoms with E-state index in [1.54, 1.807) is 21.6 Å². The van der Waals surface area contributed by atoms with Crippen LogP contribution in [0.2, 0.25) is 0 Å². The van der Waals surface area contributed by atoms with Crippen molar-refractivity contribution in [3.63, 3.8) is 0 Å². The number of carbonyl (C=O) groups is 2. The number of hydrogen-bond donors (Lipinski definition) is 2. The lowest BCUT2D eigenvalue weighted by atomic mass is 10.4. The average molecular weight is 346 g/mol. The Kier molecular flexibility index (Phi) is 14.4. The fourth-order valence-corrected chi connectivity index (χ4v) is 3.31. The summed E-state index contributed by atoms with van der Waals surface area (Å²) in [6.45, 7) is 0.791. The van der Waals surface area contributed by atoms with Gasteiger partial charge in [-0.3, -0.25) is 9.59 Å². The van der Waals surface area contributed by atoms with Crippen LogP contribution in [0.25, 0.3) is 20.9 Å². The minimum atomic E-state index is -0.271. The maximum atomic E-state index is 11.1. The zero-order chi connectivity index (χ0) is 16.5. The molecule has 0 aromatic rings. The van der Waals surface area contributed by atoms with Gasteiger partial charge in [-0.25, -0.2) is 0 Å². The first kappa shape index (κ1) is 20.3. The maximum Gasteiger partial charge on any atom is 0.225 e. The van der Waals surface area contributed by atoms with Gasteiger partial charge in [0.1, 0.15) is 13.1 Å². The summed E-state index contributed by atoms with van der Waals surface area (Å²) in [6, 6.07) is 0. The van der Waals surface area contributed by atoms with Gasteiger partial charge in [0.15, 0.2) is 0 Å². The summed E-state index contributed by atoms with van der Waals surface area (Å²) >= 11 is 0. The first-order valence-corrected chi connectivity index (χ1v) is 8.99. The van der Waals surface area contributed by atoms with Crippen molar-refractivity contribution in [1.29, 1.82) is 0 Å². The second kappa shape index (κ2) is 15.6. The molecule has 0 aliphatic heterocycles. The van der Waals surface area contributed by atoms with E-state index in [4.69, 9.17) is 11.1 Å². The molecule has 0 aromatic carbocycles. The van der Waals surface area contributed by atoms with Crippen molar-refractivity contribution in [3.05, 3.63) is 20.9 Å². The molecule has 22 heavy (non-hydrogen) atoms. The lowest BCUT2D eigenvalue weighted by Gasteiger charge is -2.04. The third-order valence-electron chi connectivity index (χ3n) is 2.09. The van der Waals surface area contributed by atoms with Crippen molar-refractivity contribution in [1.82, 2.24) is 10.6 Å². The van der Waals surface area contributed by atoms with Gasteiger partial charge in [-0.05, 0) is 23.9 Å². The van der Waals surface area contributed by atoms with E-state index in [1.807, 2.05) is 0 Å². The van der Waals surface area contributed by atoms with Crippen LogP contribution in [-0.2, 0) is 9.59 Å². The van der Waals surface area contributed by atoms with E-state index in [9.17, 15) is 9.59 Å². The molecular formula is C10H18N8O2S2. The second-order valence-corrected chi connectivity index (χ2v) is 6.53. The fourth-order valence-electron chi connectivity index (χ4n) is 1.14. The van der Waals surface area contributed by atoms with Crippen LogP contribution in [0.1, 0.15) is 12.8 Å². The predicted octanol–water partition coefficient (Wildman–Crippen LogP) is 2.00. The molecule has 2 amide bonds. The molecule has 0 aromatic heterocycles. The molecule has 122 valence electrons. The largest absolute Gasteiger partial charge is 0.356 e. The molecule has 12 heteroatoms. The molecule has 2 N–H and O–H groups in total. The number of nitrogens with zero attached hydrogens (tertiary/aromatic N) is 6. The first-order valence-electron chi connectivity index (χ1n) is 6.50. The van der Waals surface area contributed by atoms with Crippen molar-refractivity contribution >= 4 is 33.4 Å². The minimum Gasteiger partial charge on any atom is -0.356 e. The molecule has 0 bridgehead atoms. The van der Waals surface area contributed by atoms with Gasteiger partial charge in [-0.2, -0.15) is 0 Å². The third-order valence-corrected chi connectivity index (χ3v) is 4.67. The van der Waals surface area contributed by atoms with E-state index in [2.05, 4.69) is 30.7 Å². The predicted molar refractivity (Wildman–Crippen MR) is 88.2 cm³/mol. The Hall–Kier alpha value is -1.74. The summed E-state index contributed by atoms with van der Waals surface area (Å²) in [7, 11) is 3.40. The number of nitrogens with one attached hydrogen (secondary N) is 2. The molecule has 0 aliphatic carbocycles. The molecule has 0 radical (unpaired) electrons. The fraction of sp³-hybridized carbons (Fsp3) is 0.800. The molecule has 0 atom stereocenters. The second-order valence-electron chi connectivity index (χ2n) is 3.83. The Morgan fingerprint density at radius 1 is 0.864 bits per heavy atom. The SMILES string of the molecule is [N-]=[N+]=NCC(=O)NCCCSSCCCNC(=O)CN=[N+]=[N-]. The normalized spacial score (nSPS) is 9.27. The highest BCUT2D eigenvalue weighted by atomic mass is 33.1. The highest BCUT2D eigenvalue weighted by Gasteiger charge is 1.99. The summed E-state index contributed by atoms with van der Waals surface area (Å²) in [5, 5.41) is 11.6. The Morgan fingerprint density at radius 2 is 1.27 bits per heavy atom. The Balaban J connectivity index is 3.26. The van der Waals surface area contributed by atoms with Gasteiger partial charge in [-0.1, -0.05) is 31.8 Å². The molecule has 10 nitrogen and oxygen atoms in total. The van der Waals surface area contributed by atoms with Gasteiger partial charge in [0, 0.05) is 34.4 Å². The topological polar surface area (TPSA) is 156 Å². The van der Waals surface area contributed by atoms with Crippen molar-refractivity contribution in [2.75, 3.05) is 37.7 Å².